The first-order valence-corrected chi connectivity index (χ1v) is 8.11. The van der Waals surface area contributed by atoms with Gasteiger partial charge < -0.3 is 9.72 Å². The van der Waals surface area contributed by atoms with Crippen molar-refractivity contribution in [2.45, 2.75) is 4.52 Å². The van der Waals surface area contributed by atoms with E-state index in [2.05, 4.69) is 4.98 Å². The summed E-state index contributed by atoms with van der Waals surface area (Å²) in [6, 6.07) is 11.3. The van der Waals surface area contributed by atoms with Crippen LogP contribution in [0.2, 0.25) is 10.0 Å². The lowest BCUT2D eigenvalue weighted by atomic mass is 10.0. The molecule has 1 aliphatic rings. The zero-order valence-electron chi connectivity index (χ0n) is 11.3. The summed E-state index contributed by atoms with van der Waals surface area (Å²) in [5.74, 6) is -0.638. The highest BCUT2D eigenvalue weighted by Crippen LogP contribution is 2.51. The summed E-state index contributed by atoms with van der Waals surface area (Å²) < 4.78 is 3.12. The van der Waals surface area contributed by atoms with Gasteiger partial charge in [-0.25, -0.2) is 4.79 Å². The van der Waals surface area contributed by atoms with Crippen LogP contribution in [0, 0.1) is 0 Å². The molecule has 0 radical (unpaired) electrons. The second-order valence-electron chi connectivity index (χ2n) is 5.15. The molecule has 3 aromatic rings. The molecule has 0 saturated carbocycles. The lowest BCUT2D eigenvalue weighted by Crippen LogP contribution is -2.09. The Kier molecular flexibility index (Phi) is 3.33. The molecule has 4 rings (SSSR count). The molecular formula is C16H7Cl4NO2. The number of hydrogen-bond acceptors (Lipinski definition) is 2. The third-order valence-corrected chi connectivity index (χ3v) is 5.16. The minimum Gasteiger partial charge on any atom is -0.421 e. The van der Waals surface area contributed by atoms with Gasteiger partial charge in [0.15, 0.2) is 0 Å². The molecule has 2 aromatic carbocycles. The van der Waals surface area contributed by atoms with Gasteiger partial charge in [0.25, 0.3) is 4.52 Å². The smallest absolute Gasteiger partial charge is 0.341 e. The van der Waals surface area contributed by atoms with Gasteiger partial charge in [-0.15, -0.1) is 0 Å². The third-order valence-electron chi connectivity index (χ3n) is 3.76. The van der Waals surface area contributed by atoms with Crippen molar-refractivity contribution in [2.24, 2.45) is 0 Å². The molecule has 0 saturated heterocycles. The first kappa shape index (κ1) is 15.2. The Bertz CT molecular complexity index is 945. The summed E-state index contributed by atoms with van der Waals surface area (Å²) >= 11 is 24.7. The van der Waals surface area contributed by atoms with Gasteiger partial charge in [0.05, 0.1) is 21.2 Å². The maximum absolute atomic E-state index is 12.0. The number of H-pyrrole nitrogens is 1. The predicted molar refractivity (Wildman–Crippen MR) is 92.6 cm³/mol. The zero-order valence-corrected chi connectivity index (χ0v) is 14.3. The first-order chi connectivity index (χ1) is 10.9. The molecule has 1 aliphatic heterocycles. The number of alkyl halides is 2. The number of cyclic esters (lactones) is 1. The Balaban J connectivity index is 1.99. The Labute approximate surface area is 151 Å². The van der Waals surface area contributed by atoms with Crippen molar-refractivity contribution in [3.05, 3.63) is 57.6 Å². The highest BCUT2D eigenvalue weighted by Gasteiger charge is 2.46. The molecule has 0 bridgehead atoms. The molecule has 116 valence electrons. The summed E-state index contributed by atoms with van der Waals surface area (Å²) in [5.41, 5.74) is 2.64. The van der Waals surface area contributed by atoms with Crippen LogP contribution < -0.4 is 0 Å². The Morgan fingerprint density at radius 3 is 2.48 bits per heavy atom. The third kappa shape index (κ3) is 2.23. The van der Waals surface area contributed by atoms with Crippen molar-refractivity contribution in [2.75, 3.05) is 0 Å². The van der Waals surface area contributed by atoms with Crippen molar-refractivity contribution in [1.82, 2.24) is 4.98 Å². The van der Waals surface area contributed by atoms with Crippen LogP contribution in [0.4, 0.5) is 0 Å². The molecule has 3 nitrogen and oxygen atoms in total. The Morgan fingerprint density at radius 1 is 1.00 bits per heavy atom. The number of benzene rings is 2. The lowest BCUT2D eigenvalue weighted by Gasteiger charge is -2.14. The summed E-state index contributed by atoms with van der Waals surface area (Å²) in [5, 5.41) is 1.37. The summed E-state index contributed by atoms with van der Waals surface area (Å²) in [4.78, 5) is 15.2. The number of hydrogen-bond donors (Lipinski definition) is 1. The van der Waals surface area contributed by atoms with Gasteiger partial charge in [0.2, 0.25) is 0 Å². The number of nitrogens with one attached hydrogen (secondary N) is 1. The van der Waals surface area contributed by atoms with Crippen LogP contribution >= 0.6 is 46.4 Å². The van der Waals surface area contributed by atoms with Gasteiger partial charge in [-0.1, -0.05) is 64.6 Å². The van der Waals surface area contributed by atoms with Crippen molar-refractivity contribution < 1.29 is 9.53 Å². The number of fused-ring (bicyclic) bond motifs is 2. The number of aromatic amines is 1. The van der Waals surface area contributed by atoms with Crippen LogP contribution in [0.3, 0.4) is 0 Å². The SMILES string of the molecule is O=C1OC(Cl)(Cl)c2c1cc(-c1cc3ccccc3[nH]1)c(Cl)c2Cl. The zero-order chi connectivity index (χ0) is 16.4. The number of para-hydroxylation sites is 1. The molecule has 0 unspecified atom stereocenters. The molecule has 0 fully saturated rings. The summed E-state index contributed by atoms with van der Waals surface area (Å²) in [6.07, 6.45) is 0. The normalized spacial score (nSPS) is 15.7. The van der Waals surface area contributed by atoms with Crippen LogP contribution in [-0.2, 0) is 9.26 Å². The minimum atomic E-state index is -1.83. The van der Waals surface area contributed by atoms with Gasteiger partial charge >= 0.3 is 5.97 Å². The number of aromatic nitrogens is 1. The number of carbonyl (C=O) groups is 1. The molecule has 1 aromatic heterocycles. The topological polar surface area (TPSA) is 42.1 Å². The monoisotopic (exact) mass is 385 g/mol. The second kappa shape index (κ2) is 5.05. The van der Waals surface area contributed by atoms with Gasteiger partial charge in [-0.2, -0.15) is 0 Å². The fraction of sp³-hybridized carbons (Fsp3) is 0.0625. The van der Waals surface area contributed by atoms with Gasteiger partial charge in [-0.3, -0.25) is 0 Å². The van der Waals surface area contributed by atoms with E-state index in [0.717, 1.165) is 16.6 Å². The van der Waals surface area contributed by atoms with E-state index in [-0.39, 0.29) is 21.2 Å². The first-order valence-electron chi connectivity index (χ1n) is 6.60. The number of esters is 1. The average molecular weight is 387 g/mol. The van der Waals surface area contributed by atoms with Crippen LogP contribution in [-0.4, -0.2) is 11.0 Å². The second-order valence-corrected chi connectivity index (χ2v) is 7.17. The Morgan fingerprint density at radius 2 is 1.74 bits per heavy atom. The fourth-order valence-corrected chi connectivity index (χ4v) is 3.93. The van der Waals surface area contributed by atoms with E-state index in [9.17, 15) is 4.79 Å². The van der Waals surface area contributed by atoms with Crippen LogP contribution in [0.15, 0.2) is 36.4 Å². The van der Waals surface area contributed by atoms with Gasteiger partial charge in [0, 0.05) is 22.2 Å². The quantitative estimate of drug-likeness (QED) is 0.417. The standard InChI is InChI=1S/C16H7Cl4NO2/c17-13-8(11-5-7-3-1-2-4-10(7)21-11)6-9-12(14(13)18)16(19,20)23-15(9)22/h1-6,21H. The van der Waals surface area contributed by atoms with Crippen molar-refractivity contribution in [3.63, 3.8) is 0 Å². The van der Waals surface area contributed by atoms with Crippen molar-refractivity contribution in [1.29, 1.82) is 0 Å². The molecular weight excluding hydrogens is 380 g/mol. The van der Waals surface area contributed by atoms with Crippen molar-refractivity contribution >= 4 is 63.3 Å². The van der Waals surface area contributed by atoms with E-state index in [1.807, 2.05) is 30.3 Å². The predicted octanol–water partition coefficient (Wildman–Crippen LogP) is 5.90. The molecule has 7 heteroatoms. The largest absolute Gasteiger partial charge is 0.421 e. The number of halogens is 4. The fourth-order valence-electron chi connectivity index (χ4n) is 2.71. The molecule has 1 N–H and O–H groups in total. The van der Waals surface area contributed by atoms with E-state index in [4.69, 9.17) is 51.1 Å². The van der Waals surface area contributed by atoms with Crippen LogP contribution in [0.25, 0.3) is 22.2 Å². The maximum Gasteiger partial charge on any atom is 0.341 e. The molecule has 23 heavy (non-hydrogen) atoms. The lowest BCUT2D eigenvalue weighted by molar-refractivity contribution is 0.0448. The molecule has 0 atom stereocenters. The van der Waals surface area contributed by atoms with E-state index in [1.165, 1.54) is 0 Å². The maximum atomic E-state index is 12.0. The van der Waals surface area contributed by atoms with Crippen LogP contribution in [0.1, 0.15) is 15.9 Å². The number of carbonyl (C=O) groups excluding carboxylic acids is 1. The van der Waals surface area contributed by atoms with E-state index in [0.29, 0.717) is 5.56 Å². The van der Waals surface area contributed by atoms with Crippen LogP contribution in [0.5, 0.6) is 0 Å². The van der Waals surface area contributed by atoms with Crippen molar-refractivity contribution in [3.8, 4) is 11.3 Å². The number of rotatable bonds is 1. The minimum absolute atomic E-state index is 0.105. The molecule has 2 heterocycles. The number of ether oxygens (including phenoxy) is 1. The molecule has 0 aliphatic carbocycles. The average Bonchev–Trinajstić information content (AvgIpc) is 3.01. The van der Waals surface area contributed by atoms with E-state index < -0.39 is 10.5 Å². The van der Waals surface area contributed by atoms with Gasteiger partial charge in [-0.05, 0) is 18.2 Å². The van der Waals surface area contributed by atoms with E-state index >= 15 is 0 Å². The summed E-state index contributed by atoms with van der Waals surface area (Å²) in [7, 11) is 0. The summed E-state index contributed by atoms with van der Waals surface area (Å²) in [6.45, 7) is 0. The highest BCUT2D eigenvalue weighted by atomic mass is 35.5. The molecule has 0 spiro atoms. The van der Waals surface area contributed by atoms with Gasteiger partial charge in [0.1, 0.15) is 0 Å². The van der Waals surface area contributed by atoms with E-state index in [1.54, 1.807) is 6.07 Å². The molecule has 0 amide bonds. The Hall–Kier alpha value is -1.39. The highest BCUT2D eigenvalue weighted by molar-refractivity contribution is 6.52.